The molecule has 0 bridgehead atoms. The van der Waals surface area contributed by atoms with Crippen LogP contribution in [0.15, 0.2) is 12.3 Å². The van der Waals surface area contributed by atoms with Crippen molar-refractivity contribution in [2.24, 2.45) is 0 Å². The van der Waals surface area contributed by atoms with Crippen LogP contribution < -0.4 is 0 Å². The number of hydrogen-bond donors (Lipinski definition) is 1. The minimum atomic E-state index is -0.0544. The van der Waals surface area contributed by atoms with Gasteiger partial charge in [-0.2, -0.15) is 12.6 Å². The summed E-state index contributed by atoms with van der Waals surface area (Å²) in [7, 11) is 0. The molecule has 3 heteroatoms. The third-order valence-corrected chi connectivity index (χ3v) is 2.74. The second kappa shape index (κ2) is 3.09. The van der Waals surface area contributed by atoms with Crippen molar-refractivity contribution in [3.8, 4) is 0 Å². The van der Waals surface area contributed by atoms with Gasteiger partial charge in [0.2, 0.25) is 0 Å². The summed E-state index contributed by atoms with van der Waals surface area (Å²) in [4.78, 5) is -0.0544. The highest BCUT2D eigenvalue weighted by molar-refractivity contribution is 8.11. The highest BCUT2D eigenvalue weighted by atomic mass is 32.2. The maximum absolute atomic E-state index is 5.38. The van der Waals surface area contributed by atoms with Gasteiger partial charge >= 0.3 is 0 Å². The molecule has 0 aromatic carbocycles. The molecule has 1 heterocycles. The van der Waals surface area contributed by atoms with E-state index in [2.05, 4.69) is 26.5 Å². The van der Waals surface area contributed by atoms with Gasteiger partial charge in [-0.05, 0) is 19.9 Å². The number of thiol groups is 1. The second-order valence-electron chi connectivity index (χ2n) is 2.54. The van der Waals surface area contributed by atoms with Crippen LogP contribution in [0.2, 0.25) is 0 Å². The normalized spacial score (nSPS) is 33.9. The highest BCUT2D eigenvalue weighted by Crippen LogP contribution is 2.38. The largest absolute Gasteiger partial charge is 0.484 e. The van der Waals surface area contributed by atoms with Crippen molar-refractivity contribution in [1.82, 2.24) is 0 Å². The number of thioether (sulfide) groups is 1. The molecular weight excluding hydrogens is 164 g/mol. The summed E-state index contributed by atoms with van der Waals surface area (Å²) < 4.78 is 5.72. The molecule has 0 saturated heterocycles. The van der Waals surface area contributed by atoms with Crippen LogP contribution in [0.5, 0.6) is 0 Å². The van der Waals surface area contributed by atoms with E-state index in [1.807, 2.05) is 6.08 Å². The maximum atomic E-state index is 5.38. The van der Waals surface area contributed by atoms with Crippen molar-refractivity contribution in [3.63, 3.8) is 0 Å². The molecule has 0 radical (unpaired) electrons. The van der Waals surface area contributed by atoms with E-state index in [0.29, 0.717) is 4.58 Å². The van der Waals surface area contributed by atoms with Crippen LogP contribution in [-0.2, 0) is 4.74 Å². The van der Waals surface area contributed by atoms with E-state index in [0.717, 1.165) is 6.42 Å². The van der Waals surface area contributed by atoms with Gasteiger partial charge in [-0.25, -0.2) is 0 Å². The fourth-order valence-electron chi connectivity index (χ4n) is 0.939. The zero-order chi connectivity index (χ0) is 7.61. The first-order valence-electron chi connectivity index (χ1n) is 3.31. The minimum Gasteiger partial charge on any atom is -0.484 e. The Balaban J connectivity index is 2.38. The fourth-order valence-corrected chi connectivity index (χ4v) is 2.63. The van der Waals surface area contributed by atoms with Crippen LogP contribution in [0.25, 0.3) is 0 Å². The lowest BCUT2D eigenvalue weighted by Crippen LogP contribution is -2.19. The molecule has 1 aliphatic heterocycles. The Labute approximate surface area is 71.6 Å². The van der Waals surface area contributed by atoms with Gasteiger partial charge in [0.05, 0.1) is 6.26 Å². The minimum absolute atomic E-state index is 0.0544. The van der Waals surface area contributed by atoms with Gasteiger partial charge in [0, 0.05) is 11.0 Å². The van der Waals surface area contributed by atoms with Gasteiger partial charge in [0.15, 0.2) is 4.93 Å². The molecule has 0 spiro atoms. The van der Waals surface area contributed by atoms with Gasteiger partial charge < -0.3 is 4.74 Å². The third-order valence-electron chi connectivity index (χ3n) is 1.32. The van der Waals surface area contributed by atoms with Gasteiger partial charge in [-0.1, -0.05) is 0 Å². The van der Waals surface area contributed by atoms with E-state index in [4.69, 9.17) is 4.74 Å². The molecule has 0 aliphatic carbocycles. The van der Waals surface area contributed by atoms with Gasteiger partial charge in [0.1, 0.15) is 0 Å². The molecule has 0 saturated carbocycles. The Morgan fingerprint density at radius 1 is 1.80 bits per heavy atom. The molecule has 1 rings (SSSR count). The lowest BCUT2D eigenvalue weighted by atomic mass is 10.3. The van der Waals surface area contributed by atoms with E-state index in [1.165, 1.54) is 0 Å². The van der Waals surface area contributed by atoms with Gasteiger partial charge in [-0.3, -0.25) is 0 Å². The van der Waals surface area contributed by atoms with Crippen molar-refractivity contribution < 1.29 is 4.74 Å². The van der Waals surface area contributed by atoms with E-state index >= 15 is 0 Å². The van der Waals surface area contributed by atoms with Crippen LogP contribution in [0, 0.1) is 0 Å². The molecular formula is C7H12OS2. The highest BCUT2D eigenvalue weighted by Gasteiger charge is 2.28. The predicted molar refractivity (Wildman–Crippen MR) is 49.3 cm³/mol. The molecule has 0 fully saturated rings. The summed E-state index contributed by atoms with van der Waals surface area (Å²) in [5, 5.41) is 0. The molecule has 58 valence electrons. The summed E-state index contributed by atoms with van der Waals surface area (Å²) in [6.45, 7) is 4.14. The first-order chi connectivity index (χ1) is 4.62. The molecule has 0 amide bonds. The molecule has 2 unspecified atom stereocenters. The van der Waals surface area contributed by atoms with Crippen molar-refractivity contribution in [1.29, 1.82) is 0 Å². The lowest BCUT2D eigenvalue weighted by Gasteiger charge is -2.24. The first-order valence-corrected chi connectivity index (χ1v) is 4.71. The van der Waals surface area contributed by atoms with E-state index in [1.54, 1.807) is 18.0 Å². The van der Waals surface area contributed by atoms with Crippen LogP contribution in [-0.4, -0.2) is 9.52 Å². The number of rotatable bonds is 2. The molecule has 0 aromatic heterocycles. The summed E-state index contributed by atoms with van der Waals surface area (Å²) in [5.74, 6) is 0. The molecule has 2 atom stereocenters. The van der Waals surface area contributed by atoms with E-state index in [9.17, 15) is 0 Å². The zero-order valence-corrected chi connectivity index (χ0v) is 7.91. The Morgan fingerprint density at radius 2 is 2.50 bits per heavy atom. The van der Waals surface area contributed by atoms with Crippen LogP contribution in [0.1, 0.15) is 20.3 Å². The Kier molecular flexibility index (Phi) is 2.58. The Hall–Kier alpha value is 0.240. The van der Waals surface area contributed by atoms with Gasteiger partial charge in [0.25, 0.3) is 0 Å². The predicted octanol–water partition coefficient (Wildman–Crippen LogP) is 2.65. The van der Waals surface area contributed by atoms with Crippen LogP contribution in [0.3, 0.4) is 0 Å². The third kappa shape index (κ3) is 2.13. The molecule has 0 aromatic rings. The second-order valence-corrected chi connectivity index (χ2v) is 5.48. The van der Waals surface area contributed by atoms with Crippen LogP contribution >= 0.6 is 24.4 Å². The van der Waals surface area contributed by atoms with E-state index in [-0.39, 0.29) is 4.93 Å². The van der Waals surface area contributed by atoms with Crippen molar-refractivity contribution in [2.45, 2.75) is 29.8 Å². The average Bonchev–Trinajstić information content (AvgIpc) is 2.12. The average molecular weight is 176 g/mol. The zero-order valence-electron chi connectivity index (χ0n) is 6.20. The lowest BCUT2D eigenvalue weighted by molar-refractivity contribution is 0.155. The van der Waals surface area contributed by atoms with Crippen LogP contribution in [0.4, 0.5) is 0 Å². The van der Waals surface area contributed by atoms with Crippen molar-refractivity contribution in [2.75, 3.05) is 0 Å². The number of hydrogen-bond acceptors (Lipinski definition) is 3. The maximum Gasteiger partial charge on any atom is 0.155 e. The first kappa shape index (κ1) is 8.34. The Morgan fingerprint density at radius 3 is 2.90 bits per heavy atom. The fraction of sp³-hybridized carbons (Fsp3) is 0.714. The molecule has 0 N–H and O–H groups in total. The molecule has 10 heavy (non-hydrogen) atoms. The topological polar surface area (TPSA) is 9.23 Å². The monoisotopic (exact) mass is 176 g/mol. The summed E-state index contributed by atoms with van der Waals surface area (Å²) in [6.07, 6.45) is 4.80. The standard InChI is InChI=1S/C7H12OS2/c1-6(9)10-7(2)4-3-5-8-7/h3,5-6,9H,4H2,1-2H3. The van der Waals surface area contributed by atoms with Crippen molar-refractivity contribution in [3.05, 3.63) is 12.3 Å². The SMILES string of the molecule is CC(S)SC1(C)CC=CO1. The van der Waals surface area contributed by atoms with E-state index < -0.39 is 0 Å². The smallest absolute Gasteiger partial charge is 0.155 e. The number of ether oxygens (including phenoxy) is 1. The quantitative estimate of drug-likeness (QED) is 0.511. The summed E-state index contributed by atoms with van der Waals surface area (Å²) in [5.41, 5.74) is 0. The van der Waals surface area contributed by atoms with Crippen molar-refractivity contribution >= 4 is 24.4 Å². The summed E-state index contributed by atoms with van der Waals surface area (Å²) >= 11 is 6.03. The van der Waals surface area contributed by atoms with Gasteiger partial charge in [-0.15, -0.1) is 11.8 Å². The Bertz CT molecular complexity index is 135. The summed E-state index contributed by atoms with van der Waals surface area (Å²) in [6, 6.07) is 0. The molecule has 1 nitrogen and oxygen atoms in total. The molecule has 1 aliphatic rings.